The molecule has 0 aliphatic rings. The van der Waals surface area contributed by atoms with Crippen molar-refractivity contribution in [3.8, 4) is 22.8 Å². The number of amides is 1. The summed E-state index contributed by atoms with van der Waals surface area (Å²) in [6, 6.07) is 13.6. The number of rotatable bonds is 5. The van der Waals surface area contributed by atoms with Crippen molar-refractivity contribution < 1.29 is 14.3 Å². The molecule has 28 heavy (non-hydrogen) atoms. The van der Waals surface area contributed by atoms with Gasteiger partial charge < -0.3 is 9.47 Å². The molecular weight excluding hydrogens is 372 g/mol. The molecule has 0 spiro atoms. The van der Waals surface area contributed by atoms with Gasteiger partial charge in [0.15, 0.2) is 5.13 Å². The molecule has 0 aliphatic carbocycles. The summed E-state index contributed by atoms with van der Waals surface area (Å²) < 4.78 is 10.6. The molecule has 6 heteroatoms. The molecule has 1 amide bonds. The first-order valence-corrected chi connectivity index (χ1v) is 9.80. The summed E-state index contributed by atoms with van der Waals surface area (Å²) in [6.45, 7) is 6.56. The van der Waals surface area contributed by atoms with Gasteiger partial charge in [-0.05, 0) is 23.1 Å². The number of hydrogen-bond donors (Lipinski definition) is 1. The SMILES string of the molecule is COc1cccc(OC)c1C(=O)Nc1nc(-c2ccc(C(C)(C)C)cc2)cs1. The highest BCUT2D eigenvalue weighted by atomic mass is 32.1. The summed E-state index contributed by atoms with van der Waals surface area (Å²) in [4.78, 5) is 17.3. The number of carbonyl (C=O) groups excluding carboxylic acids is 1. The maximum atomic E-state index is 12.8. The first kappa shape index (κ1) is 19.9. The third-order valence-electron chi connectivity index (χ3n) is 4.43. The maximum absolute atomic E-state index is 12.8. The highest BCUT2D eigenvalue weighted by Crippen LogP contribution is 2.31. The zero-order valence-electron chi connectivity index (χ0n) is 16.7. The molecule has 0 radical (unpaired) electrons. The van der Waals surface area contributed by atoms with Gasteiger partial charge in [-0.15, -0.1) is 11.3 Å². The van der Waals surface area contributed by atoms with E-state index in [2.05, 4.69) is 55.3 Å². The minimum atomic E-state index is -0.321. The fourth-order valence-electron chi connectivity index (χ4n) is 2.84. The van der Waals surface area contributed by atoms with Crippen molar-refractivity contribution in [2.45, 2.75) is 26.2 Å². The van der Waals surface area contributed by atoms with Gasteiger partial charge in [-0.1, -0.05) is 51.1 Å². The predicted octanol–water partition coefficient (Wildman–Crippen LogP) is 5.38. The lowest BCUT2D eigenvalue weighted by molar-refractivity contribution is 0.102. The summed E-state index contributed by atoms with van der Waals surface area (Å²) >= 11 is 1.38. The maximum Gasteiger partial charge on any atom is 0.265 e. The van der Waals surface area contributed by atoms with Crippen LogP contribution in [-0.4, -0.2) is 25.1 Å². The molecule has 0 fully saturated rings. The average Bonchev–Trinajstić information content (AvgIpc) is 3.15. The van der Waals surface area contributed by atoms with E-state index in [1.807, 2.05) is 5.38 Å². The van der Waals surface area contributed by atoms with Crippen LogP contribution >= 0.6 is 11.3 Å². The van der Waals surface area contributed by atoms with Crippen molar-refractivity contribution in [3.63, 3.8) is 0 Å². The van der Waals surface area contributed by atoms with E-state index >= 15 is 0 Å². The van der Waals surface area contributed by atoms with Gasteiger partial charge in [0.2, 0.25) is 0 Å². The molecule has 3 aromatic rings. The van der Waals surface area contributed by atoms with Crippen LogP contribution in [0, 0.1) is 0 Å². The Labute approximate surface area is 169 Å². The normalized spacial score (nSPS) is 11.2. The van der Waals surface area contributed by atoms with Gasteiger partial charge in [-0.2, -0.15) is 0 Å². The van der Waals surface area contributed by atoms with E-state index in [1.165, 1.54) is 31.1 Å². The molecule has 0 atom stereocenters. The number of thiazole rings is 1. The molecule has 146 valence electrons. The van der Waals surface area contributed by atoms with Crippen LogP contribution in [-0.2, 0) is 5.41 Å². The number of methoxy groups -OCH3 is 2. The lowest BCUT2D eigenvalue weighted by Gasteiger charge is -2.18. The molecule has 0 aliphatic heterocycles. The first-order chi connectivity index (χ1) is 13.3. The van der Waals surface area contributed by atoms with Gasteiger partial charge in [0.25, 0.3) is 5.91 Å². The van der Waals surface area contributed by atoms with Gasteiger partial charge in [0.1, 0.15) is 17.1 Å². The Bertz CT molecular complexity index is 950. The van der Waals surface area contributed by atoms with Crippen LogP contribution in [0.3, 0.4) is 0 Å². The Morgan fingerprint density at radius 3 is 2.14 bits per heavy atom. The largest absolute Gasteiger partial charge is 0.496 e. The van der Waals surface area contributed by atoms with E-state index in [1.54, 1.807) is 18.2 Å². The smallest absolute Gasteiger partial charge is 0.265 e. The summed E-state index contributed by atoms with van der Waals surface area (Å²) in [5, 5.41) is 5.29. The average molecular weight is 397 g/mol. The van der Waals surface area contributed by atoms with Crippen LogP contribution in [0.15, 0.2) is 47.8 Å². The number of ether oxygens (including phenoxy) is 2. The molecule has 0 saturated carbocycles. The minimum Gasteiger partial charge on any atom is -0.496 e. The Morgan fingerprint density at radius 2 is 1.61 bits per heavy atom. The summed E-state index contributed by atoms with van der Waals surface area (Å²) in [5.74, 6) is 0.580. The van der Waals surface area contributed by atoms with Gasteiger partial charge in [0.05, 0.1) is 19.9 Å². The van der Waals surface area contributed by atoms with Crippen molar-refractivity contribution in [2.75, 3.05) is 19.5 Å². The monoisotopic (exact) mass is 396 g/mol. The standard InChI is InChI=1S/C22H24N2O3S/c1-22(2,3)15-11-9-14(10-12-15)16-13-28-21(23-16)24-20(25)19-17(26-4)7-6-8-18(19)27-5/h6-13H,1-5H3,(H,23,24,25). The van der Waals surface area contributed by atoms with Crippen LogP contribution in [0.2, 0.25) is 0 Å². The van der Waals surface area contributed by atoms with Crippen LogP contribution in [0.4, 0.5) is 5.13 Å². The number of nitrogens with zero attached hydrogens (tertiary/aromatic N) is 1. The molecule has 2 aromatic carbocycles. The Kier molecular flexibility index (Phi) is 5.70. The Morgan fingerprint density at radius 1 is 1.00 bits per heavy atom. The molecule has 5 nitrogen and oxygen atoms in total. The predicted molar refractivity (Wildman–Crippen MR) is 114 cm³/mol. The van der Waals surface area contributed by atoms with E-state index < -0.39 is 0 Å². The number of carbonyl (C=O) groups is 1. The van der Waals surface area contributed by atoms with Crippen LogP contribution in [0.5, 0.6) is 11.5 Å². The first-order valence-electron chi connectivity index (χ1n) is 8.92. The third-order valence-corrected chi connectivity index (χ3v) is 5.18. The van der Waals surface area contributed by atoms with Crippen molar-refractivity contribution in [3.05, 3.63) is 59.0 Å². The molecule has 1 N–H and O–H groups in total. The van der Waals surface area contributed by atoms with Crippen LogP contribution in [0.25, 0.3) is 11.3 Å². The van der Waals surface area contributed by atoms with Crippen molar-refractivity contribution in [1.29, 1.82) is 0 Å². The van der Waals surface area contributed by atoms with Crippen molar-refractivity contribution >= 4 is 22.4 Å². The van der Waals surface area contributed by atoms with E-state index in [0.717, 1.165) is 11.3 Å². The second kappa shape index (κ2) is 8.02. The third kappa shape index (κ3) is 4.17. The van der Waals surface area contributed by atoms with Gasteiger partial charge in [0, 0.05) is 10.9 Å². The minimum absolute atomic E-state index is 0.105. The number of aromatic nitrogens is 1. The van der Waals surface area contributed by atoms with Crippen molar-refractivity contribution in [1.82, 2.24) is 4.98 Å². The fourth-order valence-corrected chi connectivity index (χ4v) is 3.55. The van der Waals surface area contributed by atoms with E-state index in [0.29, 0.717) is 22.2 Å². The number of hydrogen-bond acceptors (Lipinski definition) is 5. The quantitative estimate of drug-likeness (QED) is 0.629. The Hall–Kier alpha value is -2.86. The van der Waals surface area contributed by atoms with Crippen molar-refractivity contribution in [2.24, 2.45) is 0 Å². The highest BCUT2D eigenvalue weighted by Gasteiger charge is 2.20. The van der Waals surface area contributed by atoms with Crippen LogP contribution in [0.1, 0.15) is 36.7 Å². The molecule has 3 rings (SSSR count). The molecular formula is C22H24N2O3S. The molecule has 1 heterocycles. The number of nitrogens with one attached hydrogen (secondary N) is 1. The second-order valence-electron chi connectivity index (χ2n) is 7.36. The fraction of sp³-hybridized carbons (Fsp3) is 0.273. The number of benzene rings is 2. The summed E-state index contributed by atoms with van der Waals surface area (Å²) in [7, 11) is 3.04. The lowest BCUT2D eigenvalue weighted by atomic mass is 9.86. The number of anilines is 1. The molecule has 0 bridgehead atoms. The lowest BCUT2D eigenvalue weighted by Crippen LogP contribution is -2.14. The zero-order chi connectivity index (χ0) is 20.3. The second-order valence-corrected chi connectivity index (χ2v) is 8.22. The van der Waals surface area contributed by atoms with Gasteiger partial charge in [-0.25, -0.2) is 4.98 Å². The molecule has 0 unspecified atom stereocenters. The summed E-state index contributed by atoms with van der Waals surface area (Å²) in [5.41, 5.74) is 3.56. The van der Waals surface area contributed by atoms with E-state index in [9.17, 15) is 4.79 Å². The summed E-state index contributed by atoms with van der Waals surface area (Å²) in [6.07, 6.45) is 0. The van der Waals surface area contributed by atoms with E-state index in [-0.39, 0.29) is 11.3 Å². The topological polar surface area (TPSA) is 60.5 Å². The van der Waals surface area contributed by atoms with Crippen LogP contribution < -0.4 is 14.8 Å². The molecule has 1 aromatic heterocycles. The van der Waals surface area contributed by atoms with E-state index in [4.69, 9.17) is 9.47 Å². The molecule has 0 saturated heterocycles. The van der Waals surface area contributed by atoms with Gasteiger partial charge in [-0.3, -0.25) is 10.1 Å². The highest BCUT2D eigenvalue weighted by molar-refractivity contribution is 7.14. The Balaban J connectivity index is 1.81. The van der Waals surface area contributed by atoms with Gasteiger partial charge >= 0.3 is 0 Å². The zero-order valence-corrected chi connectivity index (χ0v) is 17.5.